The van der Waals surface area contributed by atoms with Crippen molar-refractivity contribution in [1.29, 1.82) is 0 Å². The van der Waals surface area contributed by atoms with E-state index in [1.54, 1.807) is 0 Å². The molecule has 40 heavy (non-hydrogen) atoms. The zero-order valence-electron chi connectivity index (χ0n) is 22.2. The molecule has 4 atom stereocenters. The molecule has 0 aromatic heterocycles. The number of allylic oxidation sites excluding steroid dienone is 2. The van der Waals surface area contributed by atoms with Gasteiger partial charge in [0, 0.05) is 24.5 Å². The highest BCUT2D eigenvalue weighted by Crippen LogP contribution is 2.38. The third-order valence-electron chi connectivity index (χ3n) is 7.73. The van der Waals surface area contributed by atoms with E-state index in [1.807, 2.05) is 95.9 Å². The molecule has 0 spiro atoms. The molecule has 0 unspecified atom stereocenters. The van der Waals surface area contributed by atoms with E-state index >= 15 is 0 Å². The lowest BCUT2D eigenvalue weighted by Crippen LogP contribution is -2.54. The molecule has 6 nitrogen and oxygen atoms in total. The number of ether oxygens (including phenoxy) is 1. The highest BCUT2D eigenvalue weighted by atomic mass is 35.5. The van der Waals surface area contributed by atoms with Crippen molar-refractivity contribution in [3.05, 3.63) is 119 Å². The van der Waals surface area contributed by atoms with Gasteiger partial charge in [-0.15, -0.1) is 0 Å². The quantitative estimate of drug-likeness (QED) is 0.285. The van der Waals surface area contributed by atoms with Crippen LogP contribution in [0.3, 0.4) is 0 Å². The number of nitrogens with one attached hydrogen (secondary N) is 1. The first-order valence-corrected chi connectivity index (χ1v) is 14.1. The van der Waals surface area contributed by atoms with Crippen molar-refractivity contribution in [2.45, 2.75) is 38.5 Å². The minimum Gasteiger partial charge on any atom is -0.459 e. The highest BCUT2D eigenvalue weighted by molar-refractivity contribution is 6.30. The SMILES string of the molecule is O=C(OCc1ccccc1)[C@H](Cc1ccccc1)NC(=O)[C@@H]1CC=C[C@@H]2CCN(Cc3ccc(Cl)cc3)C(=O)[C@@H]21. The van der Waals surface area contributed by atoms with Gasteiger partial charge < -0.3 is 15.0 Å². The molecule has 2 aliphatic rings. The number of likely N-dealkylation sites (tertiary alicyclic amines) is 1. The Morgan fingerprint density at radius 2 is 1.60 bits per heavy atom. The Kier molecular flexibility index (Phi) is 8.97. The molecule has 1 heterocycles. The smallest absolute Gasteiger partial charge is 0.329 e. The van der Waals surface area contributed by atoms with Crippen LogP contribution in [0.1, 0.15) is 29.5 Å². The van der Waals surface area contributed by atoms with Gasteiger partial charge in [-0.05, 0) is 47.6 Å². The number of amides is 2. The van der Waals surface area contributed by atoms with Crippen molar-refractivity contribution in [2.24, 2.45) is 17.8 Å². The summed E-state index contributed by atoms with van der Waals surface area (Å²) in [4.78, 5) is 42.5. The predicted molar refractivity (Wildman–Crippen MR) is 154 cm³/mol. The fourth-order valence-electron chi connectivity index (χ4n) is 5.61. The molecule has 206 valence electrons. The molecular weight excluding hydrogens is 524 g/mol. The van der Waals surface area contributed by atoms with Crippen LogP contribution in [0.5, 0.6) is 0 Å². The van der Waals surface area contributed by atoms with Gasteiger partial charge >= 0.3 is 5.97 Å². The molecule has 0 saturated carbocycles. The maximum Gasteiger partial charge on any atom is 0.329 e. The van der Waals surface area contributed by atoms with E-state index in [9.17, 15) is 14.4 Å². The second kappa shape index (κ2) is 13.0. The van der Waals surface area contributed by atoms with Gasteiger partial charge in [-0.25, -0.2) is 4.79 Å². The number of rotatable bonds is 9. The molecule has 1 saturated heterocycles. The number of hydrogen-bond donors (Lipinski definition) is 1. The molecule has 0 radical (unpaired) electrons. The van der Waals surface area contributed by atoms with Gasteiger partial charge in [0.05, 0.1) is 11.8 Å². The number of fused-ring (bicyclic) bond motifs is 1. The topological polar surface area (TPSA) is 75.7 Å². The van der Waals surface area contributed by atoms with E-state index < -0.39 is 23.8 Å². The summed E-state index contributed by atoms with van der Waals surface area (Å²) in [5, 5.41) is 3.61. The van der Waals surface area contributed by atoms with E-state index in [4.69, 9.17) is 16.3 Å². The third-order valence-corrected chi connectivity index (χ3v) is 7.98. The van der Waals surface area contributed by atoms with Gasteiger partial charge in [-0.1, -0.05) is 96.5 Å². The number of hydrogen-bond acceptors (Lipinski definition) is 4. The van der Waals surface area contributed by atoms with Crippen LogP contribution in [0.25, 0.3) is 0 Å². The van der Waals surface area contributed by atoms with E-state index in [1.165, 1.54) is 0 Å². The first kappa shape index (κ1) is 27.7. The number of nitrogens with zero attached hydrogens (tertiary/aromatic N) is 1. The fourth-order valence-corrected chi connectivity index (χ4v) is 5.74. The van der Waals surface area contributed by atoms with Gasteiger partial charge in [0.25, 0.3) is 0 Å². The van der Waals surface area contributed by atoms with Crippen molar-refractivity contribution in [1.82, 2.24) is 10.2 Å². The van der Waals surface area contributed by atoms with Crippen molar-refractivity contribution in [2.75, 3.05) is 6.54 Å². The van der Waals surface area contributed by atoms with Gasteiger partial charge in [0.2, 0.25) is 11.8 Å². The Hall–Kier alpha value is -3.90. The first-order chi connectivity index (χ1) is 19.5. The predicted octanol–water partition coefficient (Wildman–Crippen LogP) is 5.35. The molecule has 1 aliphatic carbocycles. The lowest BCUT2D eigenvalue weighted by molar-refractivity contribution is -0.151. The van der Waals surface area contributed by atoms with Crippen LogP contribution >= 0.6 is 11.6 Å². The molecule has 2 amide bonds. The number of benzene rings is 3. The maximum atomic E-state index is 13.7. The van der Waals surface area contributed by atoms with Crippen molar-refractivity contribution >= 4 is 29.4 Å². The monoisotopic (exact) mass is 556 g/mol. The normalized spacial score (nSPS) is 20.9. The summed E-state index contributed by atoms with van der Waals surface area (Å²) in [5.74, 6) is -1.85. The second-order valence-corrected chi connectivity index (χ2v) is 10.9. The van der Waals surface area contributed by atoms with Gasteiger partial charge in [-0.2, -0.15) is 0 Å². The first-order valence-electron chi connectivity index (χ1n) is 13.7. The van der Waals surface area contributed by atoms with Gasteiger partial charge in [0.1, 0.15) is 12.6 Å². The summed E-state index contributed by atoms with van der Waals surface area (Å²) in [5.41, 5.74) is 2.77. The molecule has 1 fully saturated rings. The number of carbonyl (C=O) groups excluding carboxylic acids is 3. The molecule has 0 bridgehead atoms. The number of piperidine rings is 1. The Balaban J connectivity index is 1.30. The second-order valence-electron chi connectivity index (χ2n) is 10.5. The zero-order chi connectivity index (χ0) is 27.9. The summed E-state index contributed by atoms with van der Waals surface area (Å²) >= 11 is 6.03. The summed E-state index contributed by atoms with van der Waals surface area (Å²) in [6.07, 6.45) is 5.60. The lowest BCUT2D eigenvalue weighted by atomic mass is 9.71. The minimum absolute atomic E-state index is 0.00364. The van der Waals surface area contributed by atoms with Crippen LogP contribution in [0, 0.1) is 17.8 Å². The molecule has 3 aromatic rings. The standard InChI is InChI=1S/C33H33ClN2O4/c34-27-16-14-24(15-17-27)21-36-19-18-26-12-7-13-28(30(26)32(36)38)31(37)35-29(20-23-8-3-1-4-9-23)33(39)40-22-25-10-5-2-6-11-25/h1-12,14-17,26,28-30H,13,18-22H2,(H,35,37)/t26-,28-,29+,30+/m1/s1. The molecule has 1 aliphatic heterocycles. The average molecular weight is 557 g/mol. The minimum atomic E-state index is -0.869. The molecule has 3 aromatic carbocycles. The van der Waals surface area contributed by atoms with Crippen molar-refractivity contribution < 1.29 is 19.1 Å². The maximum absolute atomic E-state index is 13.7. The molecule has 5 rings (SSSR count). The van der Waals surface area contributed by atoms with Gasteiger partial charge in [-0.3, -0.25) is 9.59 Å². The highest BCUT2D eigenvalue weighted by Gasteiger charge is 2.45. The number of halogens is 1. The Bertz CT molecular complexity index is 1340. The van der Waals surface area contributed by atoms with Crippen LogP contribution in [0.15, 0.2) is 97.1 Å². The lowest BCUT2D eigenvalue weighted by Gasteiger charge is -2.42. The van der Waals surface area contributed by atoms with Crippen LogP contribution in [-0.4, -0.2) is 35.3 Å². The zero-order valence-corrected chi connectivity index (χ0v) is 23.0. The number of esters is 1. The summed E-state index contributed by atoms with van der Waals surface area (Å²) in [6.45, 7) is 1.22. The Morgan fingerprint density at radius 3 is 2.30 bits per heavy atom. The van der Waals surface area contributed by atoms with Crippen molar-refractivity contribution in [3.63, 3.8) is 0 Å². The Labute approximate surface area is 240 Å². The van der Waals surface area contributed by atoms with E-state index in [-0.39, 0.29) is 24.3 Å². The number of carbonyl (C=O) groups is 3. The van der Waals surface area contributed by atoms with Crippen LogP contribution in [-0.2, 0) is 38.7 Å². The molecule has 7 heteroatoms. The van der Waals surface area contributed by atoms with Gasteiger partial charge in [0.15, 0.2) is 0 Å². The fraction of sp³-hybridized carbons (Fsp3) is 0.303. The molecular formula is C33H33ClN2O4. The summed E-state index contributed by atoms with van der Waals surface area (Å²) in [7, 11) is 0. The summed E-state index contributed by atoms with van der Waals surface area (Å²) < 4.78 is 5.62. The largest absolute Gasteiger partial charge is 0.459 e. The van der Waals surface area contributed by atoms with E-state index in [2.05, 4.69) is 11.4 Å². The Morgan fingerprint density at radius 1 is 0.925 bits per heavy atom. The van der Waals surface area contributed by atoms with Crippen molar-refractivity contribution in [3.8, 4) is 0 Å². The third kappa shape index (κ3) is 6.80. The molecule has 1 N–H and O–H groups in total. The summed E-state index contributed by atoms with van der Waals surface area (Å²) in [6, 6.07) is 25.6. The van der Waals surface area contributed by atoms with Crippen LogP contribution < -0.4 is 5.32 Å². The van der Waals surface area contributed by atoms with Crippen LogP contribution in [0.4, 0.5) is 0 Å². The van der Waals surface area contributed by atoms with E-state index in [0.29, 0.717) is 31.0 Å². The average Bonchev–Trinajstić information content (AvgIpc) is 2.99. The van der Waals surface area contributed by atoms with E-state index in [0.717, 1.165) is 23.1 Å². The van der Waals surface area contributed by atoms with Crippen LogP contribution in [0.2, 0.25) is 5.02 Å².